The molecule has 2 aliphatic rings. The second kappa shape index (κ2) is 5.15. The molecule has 5 nitrogen and oxygen atoms in total. The highest BCUT2D eigenvalue weighted by Gasteiger charge is 2.24. The van der Waals surface area contributed by atoms with Gasteiger partial charge in [0.1, 0.15) is 23.7 Å². The van der Waals surface area contributed by atoms with Crippen LogP contribution in [-0.2, 0) is 4.79 Å². The Balaban J connectivity index is 1.67. The maximum absolute atomic E-state index is 11.3. The molecule has 0 aliphatic heterocycles. The van der Waals surface area contributed by atoms with Crippen LogP contribution in [0.5, 0.6) is 0 Å². The number of hydrogen-bond donors (Lipinski definition) is 1. The molecule has 19 heavy (non-hydrogen) atoms. The molecule has 2 saturated carbocycles. The van der Waals surface area contributed by atoms with Gasteiger partial charge in [-0.2, -0.15) is 0 Å². The van der Waals surface area contributed by atoms with Crippen molar-refractivity contribution in [2.75, 3.05) is 17.3 Å². The van der Waals surface area contributed by atoms with Crippen LogP contribution < -0.4 is 10.2 Å². The van der Waals surface area contributed by atoms with Crippen molar-refractivity contribution in [2.24, 2.45) is 0 Å². The van der Waals surface area contributed by atoms with E-state index >= 15 is 0 Å². The van der Waals surface area contributed by atoms with Crippen molar-refractivity contribution in [1.29, 1.82) is 0 Å². The Hall–Kier alpha value is -1.65. The zero-order chi connectivity index (χ0) is 13.2. The van der Waals surface area contributed by atoms with E-state index in [1.807, 2.05) is 6.07 Å². The van der Waals surface area contributed by atoms with Gasteiger partial charge in [-0.25, -0.2) is 9.97 Å². The van der Waals surface area contributed by atoms with Crippen LogP contribution in [0.4, 0.5) is 11.6 Å². The predicted octanol–water partition coefficient (Wildman–Crippen LogP) is 2.00. The Morgan fingerprint density at radius 1 is 1.21 bits per heavy atom. The molecule has 1 heterocycles. The molecule has 0 radical (unpaired) electrons. The number of anilines is 2. The first-order chi connectivity index (χ1) is 9.22. The van der Waals surface area contributed by atoms with Crippen molar-refractivity contribution in [2.45, 2.75) is 50.6 Å². The summed E-state index contributed by atoms with van der Waals surface area (Å²) >= 11 is 0. The zero-order valence-corrected chi connectivity index (χ0v) is 11.3. The summed E-state index contributed by atoms with van der Waals surface area (Å²) in [5, 5.41) is 3.39. The molecule has 5 heteroatoms. The molecular weight excluding hydrogens is 240 g/mol. The molecule has 102 valence electrons. The Kier molecular flexibility index (Phi) is 3.36. The minimum Gasteiger partial charge on any atom is -0.367 e. The first-order valence-corrected chi connectivity index (χ1v) is 7.05. The number of hydrogen-bond acceptors (Lipinski definition) is 5. The summed E-state index contributed by atoms with van der Waals surface area (Å²) in [7, 11) is 2.06. The van der Waals surface area contributed by atoms with E-state index in [0.29, 0.717) is 30.7 Å². The number of ketones is 1. The number of carbonyl (C=O) groups excluding carboxylic acids is 1. The van der Waals surface area contributed by atoms with Gasteiger partial charge in [0.15, 0.2) is 0 Å². The molecule has 1 N–H and O–H groups in total. The SMILES string of the molecule is CN(c1cc(NC2CC2)ncn1)C1CCC(=O)CC1. The Labute approximate surface area is 113 Å². The van der Waals surface area contributed by atoms with Crippen molar-refractivity contribution < 1.29 is 4.79 Å². The smallest absolute Gasteiger partial charge is 0.134 e. The van der Waals surface area contributed by atoms with E-state index < -0.39 is 0 Å². The fourth-order valence-corrected chi connectivity index (χ4v) is 2.55. The van der Waals surface area contributed by atoms with Crippen LogP contribution >= 0.6 is 0 Å². The molecule has 0 atom stereocenters. The number of nitrogens with one attached hydrogen (secondary N) is 1. The lowest BCUT2D eigenvalue weighted by molar-refractivity contribution is -0.120. The Morgan fingerprint density at radius 2 is 1.95 bits per heavy atom. The second-order valence-corrected chi connectivity index (χ2v) is 5.56. The van der Waals surface area contributed by atoms with E-state index in [-0.39, 0.29) is 0 Å². The summed E-state index contributed by atoms with van der Waals surface area (Å²) in [5.41, 5.74) is 0. The fourth-order valence-electron chi connectivity index (χ4n) is 2.55. The Bertz CT molecular complexity index is 462. The third kappa shape index (κ3) is 3.03. The molecule has 0 amide bonds. The summed E-state index contributed by atoms with van der Waals surface area (Å²) in [5.74, 6) is 2.24. The van der Waals surface area contributed by atoms with Gasteiger partial charge in [0.05, 0.1) is 0 Å². The van der Waals surface area contributed by atoms with Gasteiger partial charge < -0.3 is 10.2 Å². The van der Waals surface area contributed by atoms with E-state index in [4.69, 9.17) is 0 Å². The lowest BCUT2D eigenvalue weighted by Gasteiger charge is -2.31. The third-order valence-corrected chi connectivity index (χ3v) is 4.00. The largest absolute Gasteiger partial charge is 0.367 e. The maximum atomic E-state index is 11.3. The van der Waals surface area contributed by atoms with E-state index in [2.05, 4.69) is 27.2 Å². The summed E-state index contributed by atoms with van der Waals surface area (Å²) in [6.07, 6.45) is 7.36. The maximum Gasteiger partial charge on any atom is 0.134 e. The zero-order valence-electron chi connectivity index (χ0n) is 11.3. The summed E-state index contributed by atoms with van der Waals surface area (Å²) in [4.78, 5) is 22.1. The number of rotatable bonds is 4. The number of aromatic nitrogens is 2. The summed E-state index contributed by atoms with van der Waals surface area (Å²) in [6.45, 7) is 0. The molecule has 1 aromatic heterocycles. The number of carbonyl (C=O) groups is 1. The van der Waals surface area contributed by atoms with Crippen LogP contribution in [0.3, 0.4) is 0 Å². The molecule has 2 aliphatic carbocycles. The molecule has 0 unspecified atom stereocenters. The topological polar surface area (TPSA) is 58.1 Å². The number of Topliss-reactive ketones (excluding diaryl/α,β-unsaturated/α-hetero) is 1. The standard InChI is InChI=1S/C14H20N4O/c1-18(11-4-6-12(19)7-5-11)14-8-13(15-9-16-14)17-10-2-3-10/h8-11H,2-7H2,1H3,(H,15,16,17). The molecule has 2 fully saturated rings. The van der Waals surface area contributed by atoms with Crippen molar-refractivity contribution >= 4 is 17.4 Å². The van der Waals surface area contributed by atoms with E-state index in [1.54, 1.807) is 6.33 Å². The van der Waals surface area contributed by atoms with Gasteiger partial charge in [0, 0.05) is 38.0 Å². The molecule has 0 aromatic carbocycles. The third-order valence-electron chi connectivity index (χ3n) is 4.00. The van der Waals surface area contributed by atoms with Crippen molar-refractivity contribution in [3.63, 3.8) is 0 Å². The van der Waals surface area contributed by atoms with E-state index in [1.165, 1.54) is 12.8 Å². The minimum absolute atomic E-state index is 0.392. The molecule has 1 aromatic rings. The molecule has 0 bridgehead atoms. The van der Waals surface area contributed by atoms with Crippen molar-refractivity contribution in [3.8, 4) is 0 Å². The lowest BCUT2D eigenvalue weighted by Crippen LogP contribution is -2.35. The normalized spacial score (nSPS) is 20.4. The Morgan fingerprint density at radius 3 is 2.63 bits per heavy atom. The minimum atomic E-state index is 0.392. The lowest BCUT2D eigenvalue weighted by atomic mass is 9.93. The first kappa shape index (κ1) is 12.4. The summed E-state index contributed by atoms with van der Waals surface area (Å²) < 4.78 is 0. The average Bonchev–Trinajstić information content (AvgIpc) is 3.23. The van der Waals surface area contributed by atoms with Crippen LogP contribution in [0.2, 0.25) is 0 Å². The van der Waals surface area contributed by atoms with Crippen LogP contribution in [0.15, 0.2) is 12.4 Å². The van der Waals surface area contributed by atoms with Gasteiger partial charge in [-0.15, -0.1) is 0 Å². The fraction of sp³-hybridized carbons (Fsp3) is 0.643. The van der Waals surface area contributed by atoms with Crippen LogP contribution in [-0.4, -0.2) is 34.9 Å². The second-order valence-electron chi connectivity index (χ2n) is 5.56. The van der Waals surface area contributed by atoms with Gasteiger partial charge in [0.25, 0.3) is 0 Å². The van der Waals surface area contributed by atoms with Gasteiger partial charge in [-0.05, 0) is 25.7 Å². The van der Waals surface area contributed by atoms with Crippen LogP contribution in [0.25, 0.3) is 0 Å². The number of nitrogens with zero attached hydrogens (tertiary/aromatic N) is 3. The highest BCUT2D eigenvalue weighted by molar-refractivity contribution is 5.79. The highest BCUT2D eigenvalue weighted by Crippen LogP contribution is 2.27. The van der Waals surface area contributed by atoms with Crippen LogP contribution in [0.1, 0.15) is 38.5 Å². The monoisotopic (exact) mass is 260 g/mol. The van der Waals surface area contributed by atoms with Gasteiger partial charge in [0.2, 0.25) is 0 Å². The predicted molar refractivity (Wildman–Crippen MR) is 74.3 cm³/mol. The van der Waals surface area contributed by atoms with Gasteiger partial charge >= 0.3 is 0 Å². The van der Waals surface area contributed by atoms with E-state index in [0.717, 1.165) is 24.5 Å². The summed E-state index contributed by atoms with van der Waals surface area (Å²) in [6, 6.07) is 3.02. The average molecular weight is 260 g/mol. The van der Waals surface area contributed by atoms with Crippen LogP contribution in [0, 0.1) is 0 Å². The quantitative estimate of drug-likeness (QED) is 0.897. The highest BCUT2D eigenvalue weighted by atomic mass is 16.1. The van der Waals surface area contributed by atoms with Crippen molar-refractivity contribution in [3.05, 3.63) is 12.4 Å². The van der Waals surface area contributed by atoms with Gasteiger partial charge in [-0.1, -0.05) is 0 Å². The molecule has 3 rings (SSSR count). The molecule has 0 spiro atoms. The molecular formula is C14H20N4O. The van der Waals surface area contributed by atoms with Gasteiger partial charge in [-0.3, -0.25) is 4.79 Å². The van der Waals surface area contributed by atoms with E-state index in [9.17, 15) is 4.79 Å². The first-order valence-electron chi connectivity index (χ1n) is 7.05. The molecule has 0 saturated heterocycles. The van der Waals surface area contributed by atoms with Crippen molar-refractivity contribution in [1.82, 2.24) is 9.97 Å².